The van der Waals surface area contributed by atoms with E-state index in [1.54, 1.807) is 0 Å². The summed E-state index contributed by atoms with van der Waals surface area (Å²) in [6.07, 6.45) is 6.34. The molecule has 1 aliphatic carbocycles. The number of rotatable bonds is 7. The number of ether oxygens (including phenoxy) is 1. The molecule has 0 aliphatic heterocycles. The van der Waals surface area contributed by atoms with Gasteiger partial charge in [-0.25, -0.2) is 0 Å². The summed E-state index contributed by atoms with van der Waals surface area (Å²) in [5.74, 6) is 0. The summed E-state index contributed by atoms with van der Waals surface area (Å²) in [5, 5.41) is 0. The second-order valence-corrected chi connectivity index (χ2v) is 4.61. The Morgan fingerprint density at radius 3 is 2.53 bits per heavy atom. The van der Waals surface area contributed by atoms with E-state index in [0.717, 1.165) is 32.7 Å². The molecule has 15 heavy (non-hydrogen) atoms. The van der Waals surface area contributed by atoms with Gasteiger partial charge >= 0.3 is 0 Å². The molecule has 1 aliphatic rings. The average Bonchev–Trinajstić information content (AvgIpc) is 2.74. The van der Waals surface area contributed by atoms with E-state index in [0.29, 0.717) is 5.54 Å². The third-order valence-corrected chi connectivity index (χ3v) is 3.71. The molecular formula is C12H26N2O. The molecule has 90 valence electrons. The number of hydrogen-bond donors (Lipinski definition) is 1. The van der Waals surface area contributed by atoms with Crippen molar-refractivity contribution in [2.24, 2.45) is 5.73 Å². The van der Waals surface area contributed by atoms with Gasteiger partial charge in [0.2, 0.25) is 0 Å². The maximum absolute atomic E-state index is 5.93. The SMILES string of the molecule is CCOCCCN(C)C1(CN)CCCC1. The van der Waals surface area contributed by atoms with Crippen LogP contribution >= 0.6 is 0 Å². The van der Waals surface area contributed by atoms with Crippen molar-refractivity contribution in [1.29, 1.82) is 0 Å². The number of nitrogens with two attached hydrogens (primary N) is 1. The van der Waals surface area contributed by atoms with Crippen LogP contribution in [0.4, 0.5) is 0 Å². The highest BCUT2D eigenvalue weighted by molar-refractivity contribution is 4.94. The zero-order valence-electron chi connectivity index (χ0n) is 10.3. The molecule has 3 nitrogen and oxygen atoms in total. The summed E-state index contributed by atoms with van der Waals surface area (Å²) >= 11 is 0. The van der Waals surface area contributed by atoms with Crippen LogP contribution in [-0.2, 0) is 4.74 Å². The molecule has 0 radical (unpaired) electrons. The second kappa shape index (κ2) is 6.46. The van der Waals surface area contributed by atoms with Crippen LogP contribution in [-0.4, -0.2) is 43.8 Å². The highest BCUT2D eigenvalue weighted by atomic mass is 16.5. The summed E-state index contributed by atoms with van der Waals surface area (Å²) in [4.78, 5) is 2.46. The van der Waals surface area contributed by atoms with E-state index in [2.05, 4.69) is 11.9 Å². The molecule has 0 heterocycles. The lowest BCUT2D eigenvalue weighted by Gasteiger charge is -2.38. The summed E-state index contributed by atoms with van der Waals surface area (Å²) in [5.41, 5.74) is 6.23. The van der Waals surface area contributed by atoms with E-state index in [1.807, 2.05) is 6.92 Å². The standard InChI is InChI=1S/C12H26N2O/c1-3-15-10-6-9-14(2)12(11-13)7-4-5-8-12/h3-11,13H2,1-2H3. The second-order valence-electron chi connectivity index (χ2n) is 4.61. The van der Waals surface area contributed by atoms with Crippen LogP contribution in [0, 0.1) is 0 Å². The van der Waals surface area contributed by atoms with Crippen molar-refractivity contribution in [3.05, 3.63) is 0 Å². The van der Waals surface area contributed by atoms with Gasteiger partial charge in [-0.3, -0.25) is 4.90 Å². The van der Waals surface area contributed by atoms with Gasteiger partial charge in [-0.2, -0.15) is 0 Å². The zero-order valence-corrected chi connectivity index (χ0v) is 10.3. The Morgan fingerprint density at radius 1 is 1.33 bits per heavy atom. The van der Waals surface area contributed by atoms with Gasteiger partial charge in [0.25, 0.3) is 0 Å². The minimum Gasteiger partial charge on any atom is -0.382 e. The molecule has 0 atom stereocenters. The van der Waals surface area contributed by atoms with Gasteiger partial charge < -0.3 is 10.5 Å². The zero-order chi connectivity index (χ0) is 11.1. The molecule has 1 fully saturated rings. The molecule has 1 saturated carbocycles. The van der Waals surface area contributed by atoms with Crippen molar-refractivity contribution >= 4 is 0 Å². The fourth-order valence-electron chi connectivity index (χ4n) is 2.56. The van der Waals surface area contributed by atoms with Gasteiger partial charge in [0, 0.05) is 31.8 Å². The molecule has 0 spiro atoms. The van der Waals surface area contributed by atoms with Crippen molar-refractivity contribution in [2.45, 2.75) is 44.6 Å². The quantitative estimate of drug-likeness (QED) is 0.654. The van der Waals surface area contributed by atoms with Crippen molar-refractivity contribution in [1.82, 2.24) is 4.90 Å². The molecule has 1 rings (SSSR count). The molecular weight excluding hydrogens is 188 g/mol. The van der Waals surface area contributed by atoms with Gasteiger partial charge in [-0.15, -0.1) is 0 Å². The average molecular weight is 214 g/mol. The van der Waals surface area contributed by atoms with Gasteiger partial charge in [0.15, 0.2) is 0 Å². The lowest BCUT2D eigenvalue weighted by Crippen LogP contribution is -2.50. The number of nitrogens with zero attached hydrogens (tertiary/aromatic N) is 1. The van der Waals surface area contributed by atoms with Crippen molar-refractivity contribution in [3.63, 3.8) is 0 Å². The van der Waals surface area contributed by atoms with E-state index >= 15 is 0 Å². The van der Waals surface area contributed by atoms with Crippen LogP contribution in [0.5, 0.6) is 0 Å². The van der Waals surface area contributed by atoms with Gasteiger partial charge in [0.05, 0.1) is 0 Å². The minimum absolute atomic E-state index is 0.298. The van der Waals surface area contributed by atoms with E-state index in [4.69, 9.17) is 10.5 Å². The van der Waals surface area contributed by atoms with Crippen LogP contribution in [0.15, 0.2) is 0 Å². The molecule has 0 amide bonds. The first-order chi connectivity index (χ1) is 7.25. The fraction of sp³-hybridized carbons (Fsp3) is 1.00. The third kappa shape index (κ3) is 3.44. The Bertz CT molecular complexity index is 167. The molecule has 0 aromatic rings. The maximum Gasteiger partial charge on any atom is 0.0478 e. The lowest BCUT2D eigenvalue weighted by atomic mass is 9.95. The largest absolute Gasteiger partial charge is 0.382 e. The van der Waals surface area contributed by atoms with Crippen LogP contribution in [0.2, 0.25) is 0 Å². The van der Waals surface area contributed by atoms with E-state index in [9.17, 15) is 0 Å². The van der Waals surface area contributed by atoms with Crippen LogP contribution in [0.25, 0.3) is 0 Å². The lowest BCUT2D eigenvalue weighted by molar-refractivity contribution is 0.0978. The maximum atomic E-state index is 5.93. The Hall–Kier alpha value is -0.120. The van der Waals surface area contributed by atoms with Crippen molar-refractivity contribution < 1.29 is 4.74 Å². The highest BCUT2D eigenvalue weighted by Gasteiger charge is 2.35. The van der Waals surface area contributed by atoms with Gasteiger partial charge in [-0.05, 0) is 33.2 Å². The molecule has 0 aromatic heterocycles. The summed E-state index contributed by atoms with van der Waals surface area (Å²) in [6.45, 7) is 5.66. The van der Waals surface area contributed by atoms with Crippen LogP contribution in [0.1, 0.15) is 39.0 Å². The molecule has 0 saturated heterocycles. The first kappa shape index (κ1) is 12.9. The topological polar surface area (TPSA) is 38.5 Å². The number of likely N-dealkylation sites (N-methyl/N-ethyl adjacent to an activating group) is 1. The Balaban J connectivity index is 2.27. The predicted molar refractivity (Wildman–Crippen MR) is 64.0 cm³/mol. The fourth-order valence-corrected chi connectivity index (χ4v) is 2.56. The van der Waals surface area contributed by atoms with Gasteiger partial charge in [-0.1, -0.05) is 12.8 Å². The molecule has 3 heteroatoms. The summed E-state index contributed by atoms with van der Waals surface area (Å²) in [6, 6.07) is 0. The number of hydrogen-bond acceptors (Lipinski definition) is 3. The van der Waals surface area contributed by atoms with E-state index in [-0.39, 0.29) is 0 Å². The van der Waals surface area contributed by atoms with Crippen LogP contribution < -0.4 is 5.73 Å². The third-order valence-electron chi connectivity index (χ3n) is 3.71. The summed E-state index contributed by atoms with van der Waals surface area (Å²) < 4.78 is 5.36. The normalized spacial score (nSPS) is 20.0. The molecule has 0 aromatic carbocycles. The van der Waals surface area contributed by atoms with Gasteiger partial charge in [0.1, 0.15) is 0 Å². The van der Waals surface area contributed by atoms with Crippen molar-refractivity contribution in [2.75, 3.05) is 33.4 Å². The molecule has 0 bridgehead atoms. The summed E-state index contributed by atoms with van der Waals surface area (Å²) in [7, 11) is 2.21. The Morgan fingerprint density at radius 2 is 2.00 bits per heavy atom. The Labute approximate surface area is 94.0 Å². The molecule has 0 unspecified atom stereocenters. The van der Waals surface area contributed by atoms with E-state index in [1.165, 1.54) is 25.7 Å². The van der Waals surface area contributed by atoms with Crippen LogP contribution in [0.3, 0.4) is 0 Å². The first-order valence-corrected chi connectivity index (χ1v) is 6.24. The highest BCUT2D eigenvalue weighted by Crippen LogP contribution is 2.33. The molecule has 2 N–H and O–H groups in total. The Kier molecular flexibility index (Phi) is 5.58. The van der Waals surface area contributed by atoms with Crippen molar-refractivity contribution in [3.8, 4) is 0 Å². The minimum atomic E-state index is 0.298. The monoisotopic (exact) mass is 214 g/mol. The van der Waals surface area contributed by atoms with E-state index < -0.39 is 0 Å². The predicted octanol–water partition coefficient (Wildman–Crippen LogP) is 1.62. The smallest absolute Gasteiger partial charge is 0.0478 e. The first-order valence-electron chi connectivity index (χ1n) is 6.24.